The van der Waals surface area contributed by atoms with Gasteiger partial charge in [0.05, 0.1) is 25.3 Å². The van der Waals surface area contributed by atoms with Crippen LogP contribution in [0.5, 0.6) is 11.5 Å². The van der Waals surface area contributed by atoms with E-state index in [1.807, 2.05) is 0 Å². The summed E-state index contributed by atoms with van der Waals surface area (Å²) in [4.78, 5) is 41.3. The fourth-order valence-electron chi connectivity index (χ4n) is 2.16. The molecule has 0 saturated carbocycles. The SMILES string of the molecule is COOc1cc(/C=C/c2cc(OOC)cc(C(=O)O)c2)cc(C(=O)O)c1. The van der Waals surface area contributed by atoms with Crippen LogP contribution in [0.25, 0.3) is 12.2 Å². The summed E-state index contributed by atoms with van der Waals surface area (Å²) in [6, 6.07) is 8.65. The second kappa shape index (κ2) is 8.65. The predicted octanol–water partition coefficient (Wildman–Crippen LogP) is 3.13. The third-order valence-electron chi connectivity index (χ3n) is 3.18. The van der Waals surface area contributed by atoms with Crippen LogP contribution in [0.15, 0.2) is 36.4 Å². The first-order chi connectivity index (χ1) is 12.4. The third-order valence-corrected chi connectivity index (χ3v) is 3.18. The fourth-order valence-corrected chi connectivity index (χ4v) is 2.16. The van der Waals surface area contributed by atoms with Gasteiger partial charge in [0.25, 0.3) is 0 Å². The molecule has 0 aliphatic rings. The molecule has 0 bridgehead atoms. The van der Waals surface area contributed by atoms with Crippen LogP contribution in [0.3, 0.4) is 0 Å². The van der Waals surface area contributed by atoms with Crippen LogP contribution in [-0.4, -0.2) is 36.4 Å². The van der Waals surface area contributed by atoms with Gasteiger partial charge < -0.3 is 20.0 Å². The number of carbonyl (C=O) groups is 2. The van der Waals surface area contributed by atoms with Crippen LogP contribution in [0.2, 0.25) is 0 Å². The Kier molecular flexibility index (Phi) is 6.31. The Morgan fingerprint density at radius 3 is 1.42 bits per heavy atom. The Morgan fingerprint density at radius 1 is 0.731 bits per heavy atom. The van der Waals surface area contributed by atoms with Crippen LogP contribution in [0, 0.1) is 0 Å². The van der Waals surface area contributed by atoms with Crippen molar-refractivity contribution in [2.75, 3.05) is 14.2 Å². The number of hydrogen-bond acceptors (Lipinski definition) is 6. The van der Waals surface area contributed by atoms with Gasteiger partial charge in [-0.2, -0.15) is 9.78 Å². The van der Waals surface area contributed by atoms with Gasteiger partial charge >= 0.3 is 11.9 Å². The van der Waals surface area contributed by atoms with Crippen molar-refractivity contribution in [2.24, 2.45) is 0 Å². The first-order valence-corrected chi connectivity index (χ1v) is 7.29. The minimum Gasteiger partial charge on any atom is -0.478 e. The maximum atomic E-state index is 11.2. The van der Waals surface area contributed by atoms with Gasteiger partial charge in [-0.15, -0.1) is 0 Å². The normalized spacial score (nSPS) is 10.7. The van der Waals surface area contributed by atoms with E-state index in [1.54, 1.807) is 24.3 Å². The second-order valence-corrected chi connectivity index (χ2v) is 5.03. The molecule has 136 valence electrons. The van der Waals surface area contributed by atoms with Crippen molar-refractivity contribution in [1.29, 1.82) is 0 Å². The van der Waals surface area contributed by atoms with E-state index in [9.17, 15) is 9.59 Å². The largest absolute Gasteiger partial charge is 0.478 e. The van der Waals surface area contributed by atoms with Crippen molar-refractivity contribution in [1.82, 2.24) is 0 Å². The molecule has 0 fully saturated rings. The Hall–Kier alpha value is -3.36. The van der Waals surface area contributed by atoms with Gasteiger partial charge in [0.15, 0.2) is 11.5 Å². The summed E-state index contributed by atoms with van der Waals surface area (Å²) in [6.07, 6.45) is 3.21. The highest BCUT2D eigenvalue weighted by molar-refractivity contribution is 5.90. The lowest BCUT2D eigenvalue weighted by Crippen LogP contribution is -1.99. The maximum absolute atomic E-state index is 11.2. The molecule has 8 heteroatoms. The van der Waals surface area contributed by atoms with Gasteiger partial charge in [-0.1, -0.05) is 12.2 Å². The van der Waals surface area contributed by atoms with Gasteiger partial charge in [-0.3, -0.25) is 0 Å². The summed E-state index contributed by atoms with van der Waals surface area (Å²) in [7, 11) is 2.61. The Labute approximate surface area is 148 Å². The first kappa shape index (κ1) is 19.0. The minimum absolute atomic E-state index is 0.0156. The number of hydrogen-bond donors (Lipinski definition) is 2. The lowest BCUT2D eigenvalue weighted by atomic mass is 10.1. The maximum Gasteiger partial charge on any atom is 0.335 e. The first-order valence-electron chi connectivity index (χ1n) is 7.29. The van der Waals surface area contributed by atoms with E-state index < -0.39 is 11.9 Å². The summed E-state index contributed by atoms with van der Waals surface area (Å²) >= 11 is 0. The Balaban J connectivity index is 2.39. The zero-order chi connectivity index (χ0) is 19.1. The number of carboxylic acid groups (broad SMARTS) is 2. The predicted molar refractivity (Wildman–Crippen MR) is 91.0 cm³/mol. The second-order valence-electron chi connectivity index (χ2n) is 5.03. The van der Waals surface area contributed by atoms with Crippen LogP contribution in [0.1, 0.15) is 31.8 Å². The molecule has 0 amide bonds. The molecular weight excluding hydrogens is 344 g/mol. The standard InChI is InChI=1S/C18H16O8/c1-23-25-15-7-11(5-13(9-15)17(19)20)3-4-12-6-14(18(21)22)10-16(8-12)26-24-2/h3-10H,1-2H3,(H,19,20)(H,21,22)/b4-3+. The number of benzene rings is 2. The molecule has 26 heavy (non-hydrogen) atoms. The summed E-state index contributed by atoms with van der Waals surface area (Å²) < 4.78 is 0. The van der Waals surface area contributed by atoms with Crippen molar-refractivity contribution < 1.29 is 39.4 Å². The van der Waals surface area contributed by atoms with E-state index >= 15 is 0 Å². The van der Waals surface area contributed by atoms with Crippen molar-refractivity contribution in [3.05, 3.63) is 58.7 Å². The van der Waals surface area contributed by atoms with Crippen LogP contribution < -0.4 is 9.78 Å². The van der Waals surface area contributed by atoms with Crippen molar-refractivity contribution in [2.45, 2.75) is 0 Å². The third kappa shape index (κ3) is 5.07. The highest BCUT2D eigenvalue weighted by Crippen LogP contribution is 2.22. The highest BCUT2D eigenvalue weighted by atomic mass is 17.2. The number of rotatable bonds is 8. The average molecular weight is 360 g/mol. The van der Waals surface area contributed by atoms with Gasteiger partial charge in [0.2, 0.25) is 0 Å². The number of aromatic carboxylic acids is 2. The van der Waals surface area contributed by atoms with Gasteiger partial charge in [-0.25, -0.2) is 9.59 Å². The zero-order valence-corrected chi connectivity index (χ0v) is 14.0. The van der Waals surface area contributed by atoms with Gasteiger partial charge in [-0.05, 0) is 47.5 Å². The lowest BCUT2D eigenvalue weighted by molar-refractivity contribution is -0.178. The molecule has 0 radical (unpaired) electrons. The zero-order valence-electron chi connectivity index (χ0n) is 14.0. The van der Waals surface area contributed by atoms with E-state index in [0.717, 1.165) is 0 Å². The number of carboxylic acids is 2. The molecule has 2 N–H and O–H groups in total. The van der Waals surface area contributed by atoms with E-state index in [-0.39, 0.29) is 22.6 Å². The quantitative estimate of drug-likeness (QED) is 0.419. The topological polar surface area (TPSA) is 112 Å². The van der Waals surface area contributed by atoms with E-state index in [4.69, 9.17) is 20.0 Å². The summed E-state index contributed by atoms with van der Waals surface area (Å²) in [5.74, 6) is -1.81. The average Bonchev–Trinajstić information content (AvgIpc) is 2.60. The van der Waals surface area contributed by atoms with E-state index in [1.165, 1.54) is 38.5 Å². The van der Waals surface area contributed by atoms with E-state index in [0.29, 0.717) is 11.1 Å². The van der Waals surface area contributed by atoms with Gasteiger partial charge in [0.1, 0.15) is 0 Å². The minimum atomic E-state index is -1.12. The molecule has 0 atom stereocenters. The van der Waals surface area contributed by atoms with E-state index in [2.05, 4.69) is 9.78 Å². The molecule has 0 aromatic heterocycles. The monoisotopic (exact) mass is 360 g/mol. The molecule has 0 unspecified atom stereocenters. The fraction of sp³-hybridized carbons (Fsp3) is 0.111. The lowest BCUT2D eigenvalue weighted by Gasteiger charge is -2.06. The van der Waals surface area contributed by atoms with Crippen LogP contribution in [0.4, 0.5) is 0 Å². The molecule has 2 rings (SSSR count). The summed E-state index contributed by atoms with van der Waals surface area (Å²) in [6.45, 7) is 0. The molecule has 0 heterocycles. The van der Waals surface area contributed by atoms with Gasteiger partial charge in [0, 0.05) is 0 Å². The molecule has 0 spiro atoms. The molecular formula is C18H16O8. The van der Waals surface area contributed by atoms with Crippen molar-refractivity contribution >= 4 is 24.1 Å². The van der Waals surface area contributed by atoms with Crippen molar-refractivity contribution in [3.8, 4) is 11.5 Å². The Morgan fingerprint density at radius 2 is 1.12 bits per heavy atom. The molecule has 0 saturated heterocycles. The molecule has 2 aromatic rings. The Bertz CT molecular complexity index is 772. The highest BCUT2D eigenvalue weighted by Gasteiger charge is 2.09. The molecule has 0 aliphatic heterocycles. The molecule has 8 nitrogen and oxygen atoms in total. The smallest absolute Gasteiger partial charge is 0.335 e. The summed E-state index contributed by atoms with van der Waals surface area (Å²) in [5.41, 5.74) is 1.07. The van der Waals surface area contributed by atoms with Crippen molar-refractivity contribution in [3.63, 3.8) is 0 Å². The molecule has 2 aromatic carbocycles. The molecule has 0 aliphatic carbocycles. The van der Waals surface area contributed by atoms with Crippen LogP contribution in [-0.2, 0) is 9.78 Å². The van der Waals surface area contributed by atoms with Crippen LogP contribution >= 0.6 is 0 Å². The summed E-state index contributed by atoms with van der Waals surface area (Å²) in [5, 5.41) is 18.3.